The number of hydrogen-bond acceptors (Lipinski definition) is 2. The van der Waals surface area contributed by atoms with E-state index in [2.05, 4.69) is 0 Å². The minimum absolute atomic E-state index is 0.204. The fourth-order valence-corrected chi connectivity index (χ4v) is 3.39. The lowest BCUT2D eigenvalue weighted by Gasteiger charge is -2.19. The van der Waals surface area contributed by atoms with Gasteiger partial charge in [-0.15, -0.1) is 0 Å². The van der Waals surface area contributed by atoms with Gasteiger partial charge < -0.3 is 0 Å². The van der Waals surface area contributed by atoms with Gasteiger partial charge in [-0.3, -0.25) is 0 Å². The number of rotatable bonds is 1. The smallest absolute Gasteiger partial charge is 0.228 e. The van der Waals surface area contributed by atoms with Gasteiger partial charge in [-0.05, 0) is 25.3 Å². The van der Waals surface area contributed by atoms with Crippen LogP contribution in [0, 0.1) is 5.92 Å². The van der Waals surface area contributed by atoms with Crippen molar-refractivity contribution >= 4 is 18.0 Å². The van der Waals surface area contributed by atoms with E-state index in [1.54, 1.807) is 6.92 Å². The van der Waals surface area contributed by atoms with E-state index in [1.165, 1.54) is 0 Å². The van der Waals surface area contributed by atoms with Gasteiger partial charge in [0.25, 0.3) is 0 Å². The molecule has 0 aromatic carbocycles. The molecule has 13 heavy (non-hydrogen) atoms. The molecule has 0 fully saturated rings. The van der Waals surface area contributed by atoms with Crippen molar-refractivity contribution in [3.8, 4) is 0 Å². The van der Waals surface area contributed by atoms with Gasteiger partial charge >= 0.3 is 0 Å². The highest BCUT2D eigenvalue weighted by Crippen LogP contribution is 2.34. The summed E-state index contributed by atoms with van der Waals surface area (Å²) in [6.45, 7) is 7.38. The molecule has 72 valence electrons. The largest absolute Gasteiger partial charge is 0.246 e. The maximum atomic E-state index is 11.6. The van der Waals surface area contributed by atoms with E-state index in [4.69, 9.17) is 7.98 Å². The van der Waals surface area contributed by atoms with E-state index in [-0.39, 0.29) is 12.0 Å². The van der Waals surface area contributed by atoms with E-state index in [1.807, 2.05) is 20.8 Å². The minimum atomic E-state index is -3.36. The summed E-state index contributed by atoms with van der Waals surface area (Å²) >= 11 is 0. The molecule has 2 radical (unpaired) electrons. The van der Waals surface area contributed by atoms with Gasteiger partial charge in [0.05, 0.1) is 4.91 Å². The Morgan fingerprint density at radius 3 is 2.08 bits per heavy atom. The van der Waals surface area contributed by atoms with E-state index in [9.17, 15) is 8.42 Å². The zero-order chi connectivity index (χ0) is 10.4. The Balaban J connectivity index is 3.29. The highest BCUT2D eigenvalue weighted by atomic mass is 32.2. The second kappa shape index (κ2) is 3.13. The van der Waals surface area contributed by atoms with Crippen LogP contribution in [0.15, 0.2) is 10.5 Å². The van der Waals surface area contributed by atoms with E-state index < -0.39 is 10.0 Å². The fraction of sp³-hybridized carbons (Fsp3) is 0.750. The first-order chi connectivity index (χ1) is 5.80. The molecule has 0 bridgehead atoms. The standard InChI is InChI=1S/C8H14BNO2S/c1-5(2)8-6(3)10(9)13(11,12)7(8)4/h5-6H,1-4H3. The minimum Gasteiger partial charge on any atom is -0.246 e. The second-order valence-corrected chi connectivity index (χ2v) is 5.66. The summed E-state index contributed by atoms with van der Waals surface area (Å²) in [5, 5.41) is 0. The third-order valence-electron chi connectivity index (χ3n) is 2.52. The molecular formula is C8H14BNO2S. The number of sulfonamides is 1. The molecule has 5 heteroatoms. The van der Waals surface area contributed by atoms with Crippen molar-refractivity contribution in [1.29, 1.82) is 0 Å². The quantitative estimate of drug-likeness (QED) is 0.591. The molecule has 0 saturated heterocycles. The second-order valence-electron chi connectivity index (χ2n) is 3.68. The Morgan fingerprint density at radius 1 is 1.46 bits per heavy atom. The molecule has 0 saturated carbocycles. The Labute approximate surface area is 81.3 Å². The van der Waals surface area contributed by atoms with Gasteiger partial charge in [-0.2, -0.15) is 0 Å². The van der Waals surface area contributed by atoms with Gasteiger partial charge in [-0.25, -0.2) is 12.6 Å². The number of nitrogens with zero attached hydrogens (tertiary/aromatic N) is 1. The predicted molar refractivity (Wildman–Crippen MR) is 53.5 cm³/mol. The SMILES string of the molecule is [B]N1C(C)C(C(C)C)=C(C)S1(=O)=O. The highest BCUT2D eigenvalue weighted by molar-refractivity contribution is 7.94. The van der Waals surface area contributed by atoms with E-state index >= 15 is 0 Å². The average molecular weight is 199 g/mol. The lowest BCUT2D eigenvalue weighted by Crippen LogP contribution is -2.31. The molecule has 1 unspecified atom stereocenters. The highest BCUT2D eigenvalue weighted by Gasteiger charge is 2.37. The van der Waals surface area contributed by atoms with Crippen molar-refractivity contribution < 1.29 is 8.42 Å². The summed E-state index contributed by atoms with van der Waals surface area (Å²) in [7, 11) is 2.12. The van der Waals surface area contributed by atoms with Gasteiger partial charge in [-0.1, -0.05) is 13.8 Å². The molecule has 0 aromatic heterocycles. The lowest BCUT2D eigenvalue weighted by molar-refractivity contribution is 0.507. The zero-order valence-corrected chi connectivity index (χ0v) is 9.22. The molecule has 0 aromatic rings. The van der Waals surface area contributed by atoms with Crippen LogP contribution in [0.2, 0.25) is 0 Å². The molecule has 3 nitrogen and oxygen atoms in total. The van der Waals surface area contributed by atoms with Crippen LogP contribution in [0.1, 0.15) is 27.7 Å². The molecule has 1 aliphatic rings. The first kappa shape index (κ1) is 10.8. The average Bonchev–Trinajstić information content (AvgIpc) is 2.14. The Hall–Kier alpha value is -0.285. The molecule has 1 rings (SSSR count). The van der Waals surface area contributed by atoms with Crippen LogP contribution in [0.3, 0.4) is 0 Å². The van der Waals surface area contributed by atoms with Crippen molar-refractivity contribution in [2.24, 2.45) is 5.92 Å². The predicted octanol–water partition coefficient (Wildman–Crippen LogP) is 1.03. The Morgan fingerprint density at radius 2 is 1.92 bits per heavy atom. The van der Waals surface area contributed by atoms with Gasteiger partial charge in [0, 0.05) is 6.04 Å². The van der Waals surface area contributed by atoms with Crippen LogP contribution in [0.5, 0.6) is 0 Å². The normalized spacial score (nSPS) is 28.8. The number of hydrogen-bond donors (Lipinski definition) is 0. The summed E-state index contributed by atoms with van der Waals surface area (Å²) in [5.41, 5.74) is 0.919. The molecule has 1 atom stereocenters. The summed E-state index contributed by atoms with van der Waals surface area (Å²) in [6, 6.07) is -0.204. The first-order valence-corrected chi connectivity index (χ1v) is 5.74. The van der Waals surface area contributed by atoms with Gasteiger partial charge in [0.1, 0.15) is 0 Å². The van der Waals surface area contributed by atoms with Crippen molar-refractivity contribution in [3.63, 3.8) is 0 Å². The fourth-order valence-electron chi connectivity index (χ4n) is 1.84. The monoisotopic (exact) mass is 199 g/mol. The first-order valence-electron chi connectivity index (χ1n) is 4.30. The van der Waals surface area contributed by atoms with Crippen LogP contribution < -0.4 is 0 Å². The maximum Gasteiger partial charge on any atom is 0.228 e. The zero-order valence-electron chi connectivity index (χ0n) is 8.40. The molecule has 0 amide bonds. The lowest BCUT2D eigenvalue weighted by atomic mass is 9.95. The molecule has 1 aliphatic heterocycles. The topological polar surface area (TPSA) is 37.4 Å². The van der Waals surface area contributed by atoms with Crippen molar-refractivity contribution in [2.75, 3.05) is 0 Å². The van der Waals surface area contributed by atoms with Crippen molar-refractivity contribution in [2.45, 2.75) is 33.7 Å². The molecule has 1 heterocycles. The Bertz CT molecular complexity index is 345. The van der Waals surface area contributed by atoms with Crippen molar-refractivity contribution in [1.82, 2.24) is 4.22 Å². The van der Waals surface area contributed by atoms with E-state index in [0.717, 1.165) is 9.79 Å². The van der Waals surface area contributed by atoms with Crippen molar-refractivity contribution in [3.05, 3.63) is 10.5 Å². The van der Waals surface area contributed by atoms with E-state index in [0.29, 0.717) is 4.91 Å². The third kappa shape index (κ3) is 1.44. The third-order valence-corrected chi connectivity index (χ3v) is 4.41. The molecular weight excluding hydrogens is 185 g/mol. The van der Waals surface area contributed by atoms with Crippen LogP contribution in [-0.4, -0.2) is 26.7 Å². The summed E-state index contributed by atoms with van der Waals surface area (Å²) in [5.74, 6) is 0.221. The maximum absolute atomic E-state index is 11.6. The summed E-state index contributed by atoms with van der Waals surface area (Å²) in [4.78, 5) is 0.414. The van der Waals surface area contributed by atoms with Crippen LogP contribution in [-0.2, 0) is 10.0 Å². The molecule has 0 spiro atoms. The molecule has 0 aliphatic carbocycles. The van der Waals surface area contributed by atoms with Crippen LogP contribution in [0.25, 0.3) is 0 Å². The number of allylic oxidation sites excluding steroid dienone is 1. The Kier molecular flexibility index (Phi) is 2.60. The summed E-state index contributed by atoms with van der Waals surface area (Å²) < 4.78 is 24.1. The summed E-state index contributed by atoms with van der Waals surface area (Å²) in [6.07, 6.45) is 0. The molecule has 0 N–H and O–H groups in total. The van der Waals surface area contributed by atoms with Crippen LogP contribution in [0.4, 0.5) is 0 Å². The van der Waals surface area contributed by atoms with Gasteiger partial charge in [0.2, 0.25) is 18.0 Å². The van der Waals surface area contributed by atoms with Gasteiger partial charge in [0.15, 0.2) is 0 Å². The van der Waals surface area contributed by atoms with Crippen LogP contribution >= 0.6 is 0 Å².